The lowest BCUT2D eigenvalue weighted by Crippen LogP contribution is -2.32. The van der Waals surface area contributed by atoms with Gasteiger partial charge >= 0.3 is 0 Å². The normalized spacial score (nSPS) is 20.7. The van der Waals surface area contributed by atoms with Gasteiger partial charge in [0, 0.05) is 11.4 Å². The summed E-state index contributed by atoms with van der Waals surface area (Å²) in [4.78, 5) is 0. The van der Waals surface area contributed by atoms with Crippen LogP contribution >= 0.6 is 11.6 Å². The molecule has 0 radical (unpaired) electrons. The van der Waals surface area contributed by atoms with Gasteiger partial charge in [0.1, 0.15) is 11.9 Å². The molecule has 3 rings (SSSR count). The summed E-state index contributed by atoms with van der Waals surface area (Å²) in [7, 11) is 0. The SMILES string of the molecule is CCNC1c2ccccc2CC1Oc1ccc(Cl)cc1. The summed E-state index contributed by atoms with van der Waals surface area (Å²) in [6.07, 6.45) is 1.07. The van der Waals surface area contributed by atoms with Crippen molar-refractivity contribution < 1.29 is 4.74 Å². The minimum atomic E-state index is 0.133. The third kappa shape index (κ3) is 2.67. The van der Waals surface area contributed by atoms with E-state index in [-0.39, 0.29) is 12.1 Å². The number of hydrogen-bond donors (Lipinski definition) is 1. The Morgan fingerprint density at radius 2 is 1.90 bits per heavy atom. The first-order chi connectivity index (χ1) is 9.78. The minimum absolute atomic E-state index is 0.133. The van der Waals surface area contributed by atoms with Gasteiger partial charge in [-0.1, -0.05) is 42.8 Å². The van der Waals surface area contributed by atoms with Gasteiger partial charge in [0.2, 0.25) is 0 Å². The van der Waals surface area contributed by atoms with Gasteiger partial charge in [-0.25, -0.2) is 0 Å². The second-order valence-corrected chi connectivity index (χ2v) is 5.48. The van der Waals surface area contributed by atoms with Crippen molar-refractivity contribution >= 4 is 11.6 Å². The smallest absolute Gasteiger partial charge is 0.122 e. The number of fused-ring (bicyclic) bond motifs is 1. The molecule has 3 heteroatoms. The highest BCUT2D eigenvalue weighted by molar-refractivity contribution is 6.30. The summed E-state index contributed by atoms with van der Waals surface area (Å²) in [5.74, 6) is 0.870. The maximum Gasteiger partial charge on any atom is 0.122 e. The molecule has 1 N–H and O–H groups in total. The standard InChI is InChI=1S/C17H18ClNO/c1-2-19-17-15-6-4-3-5-12(15)11-16(17)20-14-9-7-13(18)8-10-14/h3-10,16-17,19H,2,11H2,1H3. The van der Waals surface area contributed by atoms with Gasteiger partial charge < -0.3 is 10.1 Å². The zero-order valence-corrected chi connectivity index (χ0v) is 12.2. The zero-order valence-electron chi connectivity index (χ0n) is 11.5. The van der Waals surface area contributed by atoms with Crippen molar-refractivity contribution in [2.75, 3.05) is 6.54 Å². The van der Waals surface area contributed by atoms with Crippen LogP contribution in [0.5, 0.6) is 5.75 Å². The molecule has 1 aliphatic rings. The van der Waals surface area contributed by atoms with E-state index < -0.39 is 0 Å². The first kappa shape index (κ1) is 13.5. The van der Waals surface area contributed by atoms with Crippen LogP contribution in [0.25, 0.3) is 0 Å². The van der Waals surface area contributed by atoms with E-state index in [2.05, 4.69) is 36.5 Å². The highest BCUT2D eigenvalue weighted by Crippen LogP contribution is 2.34. The molecular weight excluding hydrogens is 270 g/mol. The van der Waals surface area contributed by atoms with Gasteiger partial charge in [-0.15, -0.1) is 0 Å². The summed E-state index contributed by atoms with van der Waals surface area (Å²) in [5, 5.41) is 4.26. The van der Waals surface area contributed by atoms with Crippen LogP contribution in [0.3, 0.4) is 0 Å². The average Bonchev–Trinajstić information content (AvgIpc) is 2.80. The van der Waals surface area contributed by atoms with Gasteiger partial charge in [-0.05, 0) is 41.9 Å². The molecule has 20 heavy (non-hydrogen) atoms. The Bertz CT molecular complexity index is 582. The topological polar surface area (TPSA) is 21.3 Å². The lowest BCUT2D eigenvalue weighted by molar-refractivity contribution is 0.168. The summed E-state index contributed by atoms with van der Waals surface area (Å²) in [6.45, 7) is 3.06. The Balaban J connectivity index is 1.81. The van der Waals surface area contributed by atoms with Crippen LogP contribution in [0.2, 0.25) is 5.02 Å². The lowest BCUT2D eigenvalue weighted by Gasteiger charge is -2.22. The van der Waals surface area contributed by atoms with Crippen molar-refractivity contribution in [2.45, 2.75) is 25.5 Å². The van der Waals surface area contributed by atoms with Crippen LogP contribution in [0.1, 0.15) is 24.1 Å². The van der Waals surface area contributed by atoms with Crippen LogP contribution in [0, 0.1) is 0 Å². The van der Waals surface area contributed by atoms with E-state index in [4.69, 9.17) is 16.3 Å². The molecular formula is C17H18ClNO. The van der Waals surface area contributed by atoms with Gasteiger partial charge in [0.15, 0.2) is 0 Å². The Hall–Kier alpha value is -1.51. The molecule has 1 aliphatic carbocycles. The molecule has 0 aromatic heterocycles. The highest BCUT2D eigenvalue weighted by atomic mass is 35.5. The minimum Gasteiger partial charge on any atom is -0.488 e. The molecule has 0 spiro atoms. The fraction of sp³-hybridized carbons (Fsp3) is 0.294. The van der Waals surface area contributed by atoms with Crippen molar-refractivity contribution in [3.63, 3.8) is 0 Å². The number of likely N-dealkylation sites (N-methyl/N-ethyl adjacent to an activating group) is 1. The molecule has 0 aliphatic heterocycles. The third-order valence-electron chi connectivity index (χ3n) is 3.71. The van der Waals surface area contributed by atoms with Gasteiger partial charge in [0.25, 0.3) is 0 Å². The molecule has 0 bridgehead atoms. The summed E-state index contributed by atoms with van der Waals surface area (Å²) in [5.41, 5.74) is 2.73. The number of halogens is 1. The molecule has 0 saturated carbocycles. The first-order valence-corrected chi connectivity index (χ1v) is 7.39. The summed E-state index contributed by atoms with van der Waals surface area (Å²) >= 11 is 5.91. The van der Waals surface area contributed by atoms with Crippen molar-refractivity contribution in [2.24, 2.45) is 0 Å². The molecule has 2 nitrogen and oxygen atoms in total. The molecule has 2 aromatic carbocycles. The van der Waals surface area contributed by atoms with E-state index in [1.54, 1.807) is 0 Å². The molecule has 2 unspecified atom stereocenters. The molecule has 0 saturated heterocycles. The maximum atomic E-state index is 6.16. The monoisotopic (exact) mass is 287 g/mol. The van der Waals surface area contributed by atoms with Gasteiger partial charge in [0.05, 0.1) is 6.04 Å². The summed E-state index contributed by atoms with van der Waals surface area (Å²) in [6, 6.07) is 16.4. The quantitative estimate of drug-likeness (QED) is 0.918. The highest BCUT2D eigenvalue weighted by Gasteiger charge is 2.33. The molecule has 0 amide bonds. The van der Waals surface area contributed by atoms with Crippen LogP contribution in [0.15, 0.2) is 48.5 Å². The van der Waals surface area contributed by atoms with E-state index in [1.165, 1.54) is 11.1 Å². The van der Waals surface area contributed by atoms with E-state index in [9.17, 15) is 0 Å². The fourth-order valence-electron chi connectivity index (χ4n) is 2.82. The second-order valence-electron chi connectivity index (χ2n) is 5.05. The third-order valence-corrected chi connectivity index (χ3v) is 3.96. The average molecular weight is 288 g/mol. The van der Waals surface area contributed by atoms with Crippen LogP contribution in [-0.4, -0.2) is 12.6 Å². The Labute approximate surface area is 124 Å². The number of rotatable bonds is 4. The Morgan fingerprint density at radius 3 is 2.65 bits per heavy atom. The predicted molar refractivity (Wildman–Crippen MR) is 82.4 cm³/mol. The summed E-state index contributed by atoms with van der Waals surface area (Å²) < 4.78 is 6.16. The zero-order chi connectivity index (χ0) is 13.9. The van der Waals surface area contributed by atoms with Crippen molar-refractivity contribution in [3.05, 3.63) is 64.7 Å². The largest absolute Gasteiger partial charge is 0.488 e. The molecule has 104 valence electrons. The number of nitrogens with one attached hydrogen (secondary N) is 1. The Kier molecular flexibility index (Phi) is 3.95. The fourth-order valence-corrected chi connectivity index (χ4v) is 2.94. The number of hydrogen-bond acceptors (Lipinski definition) is 2. The first-order valence-electron chi connectivity index (χ1n) is 7.01. The lowest BCUT2D eigenvalue weighted by atomic mass is 10.1. The van der Waals surface area contributed by atoms with Crippen LogP contribution in [0.4, 0.5) is 0 Å². The van der Waals surface area contributed by atoms with E-state index >= 15 is 0 Å². The maximum absolute atomic E-state index is 6.16. The van der Waals surface area contributed by atoms with Crippen LogP contribution < -0.4 is 10.1 Å². The predicted octanol–water partition coefficient (Wildman–Crippen LogP) is 3.99. The van der Waals surface area contributed by atoms with E-state index in [0.29, 0.717) is 0 Å². The Morgan fingerprint density at radius 1 is 1.15 bits per heavy atom. The molecule has 2 atom stereocenters. The molecule has 0 heterocycles. The van der Waals surface area contributed by atoms with Crippen molar-refractivity contribution in [1.82, 2.24) is 5.32 Å². The molecule has 2 aromatic rings. The number of ether oxygens (including phenoxy) is 1. The van der Waals surface area contributed by atoms with Gasteiger partial charge in [-0.3, -0.25) is 0 Å². The number of benzene rings is 2. The van der Waals surface area contributed by atoms with E-state index in [1.807, 2.05) is 24.3 Å². The second kappa shape index (κ2) is 5.86. The van der Waals surface area contributed by atoms with Crippen molar-refractivity contribution in [1.29, 1.82) is 0 Å². The van der Waals surface area contributed by atoms with Gasteiger partial charge in [-0.2, -0.15) is 0 Å². The van der Waals surface area contributed by atoms with Crippen LogP contribution in [-0.2, 0) is 6.42 Å². The van der Waals surface area contributed by atoms with Crippen molar-refractivity contribution in [3.8, 4) is 5.75 Å². The molecule has 0 fully saturated rings. The van der Waals surface area contributed by atoms with E-state index in [0.717, 1.165) is 23.7 Å².